The Labute approximate surface area is 99.3 Å². The van der Waals surface area contributed by atoms with Crippen molar-refractivity contribution in [3.8, 4) is 0 Å². The standard InChI is InChI=1S/C13H15F2NO/c1-4-9-5-12(15)10(6-11(9)14)7-13(17)16-8(2)3/h4-6,8H,1,7H2,2-3H3,(H,16,17). The smallest absolute Gasteiger partial charge is 0.224 e. The minimum atomic E-state index is -0.597. The zero-order valence-corrected chi connectivity index (χ0v) is 9.89. The van der Waals surface area contributed by atoms with E-state index >= 15 is 0 Å². The van der Waals surface area contributed by atoms with E-state index in [1.807, 2.05) is 0 Å². The summed E-state index contributed by atoms with van der Waals surface area (Å²) >= 11 is 0. The van der Waals surface area contributed by atoms with Crippen LogP contribution >= 0.6 is 0 Å². The maximum Gasteiger partial charge on any atom is 0.224 e. The molecule has 17 heavy (non-hydrogen) atoms. The molecular weight excluding hydrogens is 224 g/mol. The molecule has 0 aliphatic carbocycles. The quantitative estimate of drug-likeness (QED) is 0.860. The molecule has 1 aromatic carbocycles. The lowest BCUT2D eigenvalue weighted by molar-refractivity contribution is -0.120. The van der Waals surface area contributed by atoms with E-state index < -0.39 is 11.6 Å². The van der Waals surface area contributed by atoms with Crippen LogP contribution in [0.2, 0.25) is 0 Å². The van der Waals surface area contributed by atoms with Crippen molar-refractivity contribution < 1.29 is 13.6 Å². The van der Waals surface area contributed by atoms with Gasteiger partial charge in [0.1, 0.15) is 11.6 Å². The number of carbonyl (C=O) groups excluding carboxylic acids is 1. The third kappa shape index (κ3) is 3.66. The molecule has 92 valence electrons. The molecule has 1 N–H and O–H groups in total. The lowest BCUT2D eigenvalue weighted by atomic mass is 10.1. The van der Waals surface area contributed by atoms with Crippen LogP contribution in [0.15, 0.2) is 18.7 Å². The Bertz CT molecular complexity index is 441. The molecule has 1 aromatic rings. The number of hydrogen-bond donors (Lipinski definition) is 1. The van der Waals surface area contributed by atoms with Crippen molar-refractivity contribution >= 4 is 12.0 Å². The van der Waals surface area contributed by atoms with Crippen molar-refractivity contribution in [2.75, 3.05) is 0 Å². The van der Waals surface area contributed by atoms with Crippen molar-refractivity contribution in [2.45, 2.75) is 26.3 Å². The average molecular weight is 239 g/mol. The first-order valence-electron chi connectivity index (χ1n) is 5.33. The predicted molar refractivity (Wildman–Crippen MR) is 63.4 cm³/mol. The summed E-state index contributed by atoms with van der Waals surface area (Å²) in [6.07, 6.45) is 1.06. The van der Waals surface area contributed by atoms with Crippen LogP contribution < -0.4 is 5.32 Å². The number of halogens is 2. The van der Waals surface area contributed by atoms with E-state index in [1.54, 1.807) is 13.8 Å². The van der Waals surface area contributed by atoms with Gasteiger partial charge in [-0.2, -0.15) is 0 Å². The number of amides is 1. The van der Waals surface area contributed by atoms with E-state index in [4.69, 9.17) is 0 Å². The van der Waals surface area contributed by atoms with Gasteiger partial charge in [-0.3, -0.25) is 4.79 Å². The summed E-state index contributed by atoms with van der Waals surface area (Å²) in [5.41, 5.74) is 0.141. The monoisotopic (exact) mass is 239 g/mol. The van der Waals surface area contributed by atoms with Crippen LogP contribution in [0.4, 0.5) is 8.78 Å². The number of hydrogen-bond acceptors (Lipinski definition) is 1. The fourth-order valence-corrected chi connectivity index (χ4v) is 1.44. The van der Waals surface area contributed by atoms with Gasteiger partial charge in [0, 0.05) is 17.2 Å². The summed E-state index contributed by atoms with van der Waals surface area (Å²) in [6, 6.07) is 2.05. The normalized spacial score (nSPS) is 10.4. The molecule has 0 unspecified atom stereocenters. The fourth-order valence-electron chi connectivity index (χ4n) is 1.44. The van der Waals surface area contributed by atoms with Gasteiger partial charge in [-0.05, 0) is 26.0 Å². The number of benzene rings is 1. The fraction of sp³-hybridized carbons (Fsp3) is 0.308. The molecule has 0 fully saturated rings. The van der Waals surface area contributed by atoms with E-state index in [9.17, 15) is 13.6 Å². The summed E-state index contributed by atoms with van der Waals surface area (Å²) in [6.45, 7) is 6.98. The maximum atomic E-state index is 13.5. The van der Waals surface area contributed by atoms with Crippen LogP contribution in [0.25, 0.3) is 6.08 Å². The van der Waals surface area contributed by atoms with Gasteiger partial charge in [-0.25, -0.2) is 8.78 Å². The molecular formula is C13H15F2NO. The van der Waals surface area contributed by atoms with Crippen LogP contribution in [0.5, 0.6) is 0 Å². The highest BCUT2D eigenvalue weighted by atomic mass is 19.1. The molecule has 0 atom stereocenters. The Balaban J connectivity index is 2.89. The van der Waals surface area contributed by atoms with E-state index in [-0.39, 0.29) is 29.5 Å². The van der Waals surface area contributed by atoms with Gasteiger partial charge in [0.2, 0.25) is 5.91 Å². The van der Waals surface area contributed by atoms with Crippen LogP contribution in [-0.2, 0) is 11.2 Å². The predicted octanol–water partition coefficient (Wildman–Crippen LogP) is 2.67. The highest BCUT2D eigenvalue weighted by Crippen LogP contribution is 2.16. The van der Waals surface area contributed by atoms with Gasteiger partial charge in [-0.1, -0.05) is 12.7 Å². The Kier molecular flexibility index (Phi) is 4.37. The SMILES string of the molecule is C=Cc1cc(F)c(CC(=O)NC(C)C)cc1F. The van der Waals surface area contributed by atoms with Gasteiger partial charge < -0.3 is 5.32 Å². The van der Waals surface area contributed by atoms with Gasteiger partial charge in [0.05, 0.1) is 6.42 Å². The number of carbonyl (C=O) groups is 1. The maximum absolute atomic E-state index is 13.5. The Hall–Kier alpha value is -1.71. The van der Waals surface area contributed by atoms with Crippen molar-refractivity contribution in [1.82, 2.24) is 5.32 Å². The third-order valence-corrected chi connectivity index (χ3v) is 2.19. The van der Waals surface area contributed by atoms with E-state index in [1.165, 1.54) is 6.08 Å². The van der Waals surface area contributed by atoms with Gasteiger partial charge >= 0.3 is 0 Å². The summed E-state index contributed by atoms with van der Waals surface area (Å²) in [5, 5.41) is 2.62. The summed E-state index contributed by atoms with van der Waals surface area (Å²) in [4.78, 5) is 11.4. The van der Waals surface area contributed by atoms with Crippen molar-refractivity contribution in [2.24, 2.45) is 0 Å². The van der Waals surface area contributed by atoms with Crippen LogP contribution in [0.1, 0.15) is 25.0 Å². The minimum Gasteiger partial charge on any atom is -0.354 e. The first kappa shape index (κ1) is 13.4. The lowest BCUT2D eigenvalue weighted by Crippen LogP contribution is -2.31. The first-order chi connectivity index (χ1) is 7.93. The molecule has 0 aliphatic heterocycles. The topological polar surface area (TPSA) is 29.1 Å². The molecule has 0 aliphatic rings. The highest BCUT2D eigenvalue weighted by Gasteiger charge is 2.12. The zero-order valence-electron chi connectivity index (χ0n) is 9.89. The molecule has 0 spiro atoms. The van der Waals surface area contributed by atoms with Crippen LogP contribution in [0, 0.1) is 11.6 Å². The van der Waals surface area contributed by atoms with Crippen LogP contribution in [0.3, 0.4) is 0 Å². The molecule has 0 heterocycles. The Morgan fingerprint density at radius 2 is 2.06 bits per heavy atom. The summed E-state index contributed by atoms with van der Waals surface area (Å²) < 4.78 is 26.9. The third-order valence-electron chi connectivity index (χ3n) is 2.19. The first-order valence-corrected chi connectivity index (χ1v) is 5.33. The second-order valence-corrected chi connectivity index (χ2v) is 4.07. The molecule has 0 bridgehead atoms. The second kappa shape index (κ2) is 5.57. The van der Waals surface area contributed by atoms with Crippen molar-refractivity contribution in [3.63, 3.8) is 0 Å². The Morgan fingerprint density at radius 3 is 2.59 bits per heavy atom. The Morgan fingerprint density at radius 1 is 1.41 bits per heavy atom. The summed E-state index contributed by atoms with van der Waals surface area (Å²) in [5.74, 6) is -1.50. The lowest BCUT2D eigenvalue weighted by Gasteiger charge is -2.09. The largest absolute Gasteiger partial charge is 0.354 e. The molecule has 1 amide bonds. The molecule has 2 nitrogen and oxygen atoms in total. The minimum absolute atomic E-state index is 0.0251. The van der Waals surface area contributed by atoms with Gasteiger partial charge in [0.25, 0.3) is 0 Å². The highest BCUT2D eigenvalue weighted by molar-refractivity contribution is 5.79. The van der Waals surface area contributed by atoms with E-state index in [0.29, 0.717) is 0 Å². The van der Waals surface area contributed by atoms with E-state index in [0.717, 1.165) is 12.1 Å². The van der Waals surface area contributed by atoms with Crippen LogP contribution in [-0.4, -0.2) is 11.9 Å². The van der Waals surface area contributed by atoms with Crippen molar-refractivity contribution in [1.29, 1.82) is 0 Å². The molecule has 1 rings (SSSR count). The molecule has 0 radical (unpaired) electrons. The number of nitrogens with one attached hydrogen (secondary N) is 1. The second-order valence-electron chi connectivity index (χ2n) is 4.07. The summed E-state index contributed by atoms with van der Waals surface area (Å²) in [7, 11) is 0. The molecule has 0 saturated carbocycles. The molecule has 4 heteroatoms. The van der Waals surface area contributed by atoms with Gasteiger partial charge in [-0.15, -0.1) is 0 Å². The zero-order chi connectivity index (χ0) is 13.0. The van der Waals surface area contributed by atoms with Crippen molar-refractivity contribution in [3.05, 3.63) is 41.5 Å². The van der Waals surface area contributed by atoms with E-state index in [2.05, 4.69) is 11.9 Å². The molecule has 0 saturated heterocycles. The molecule has 0 aromatic heterocycles. The average Bonchev–Trinajstić information content (AvgIpc) is 2.21. The van der Waals surface area contributed by atoms with Gasteiger partial charge in [0.15, 0.2) is 0 Å². The number of rotatable bonds is 4.